The second-order valence-electron chi connectivity index (χ2n) is 4.17. The Morgan fingerprint density at radius 3 is 2.45 bits per heavy atom. The van der Waals surface area contributed by atoms with Crippen molar-refractivity contribution in [2.75, 3.05) is 7.11 Å². The molecule has 0 atom stereocenters. The van der Waals surface area contributed by atoms with Crippen molar-refractivity contribution in [2.45, 2.75) is 45.6 Å². The van der Waals surface area contributed by atoms with Gasteiger partial charge in [-0.15, -0.1) is 0 Å². The molecule has 0 saturated heterocycles. The number of methoxy groups -OCH3 is 1. The summed E-state index contributed by atoms with van der Waals surface area (Å²) in [7, 11) is 1.82. The van der Waals surface area contributed by atoms with Gasteiger partial charge < -0.3 is 4.74 Å². The van der Waals surface area contributed by atoms with Crippen molar-refractivity contribution < 1.29 is 4.74 Å². The monoisotopic (exact) mass is 156 g/mol. The Bertz CT molecular complexity index is 103. The number of hydrogen-bond acceptors (Lipinski definition) is 1. The lowest BCUT2D eigenvalue weighted by Gasteiger charge is -2.34. The molecule has 1 aliphatic carbocycles. The topological polar surface area (TPSA) is 9.23 Å². The molecule has 66 valence electrons. The first-order valence-electron chi connectivity index (χ1n) is 4.75. The van der Waals surface area contributed by atoms with E-state index in [0.717, 1.165) is 11.8 Å². The minimum atomic E-state index is 0.590. The highest BCUT2D eigenvalue weighted by Crippen LogP contribution is 2.33. The maximum atomic E-state index is 5.22. The van der Waals surface area contributed by atoms with Crippen LogP contribution in [-0.4, -0.2) is 13.2 Å². The van der Waals surface area contributed by atoms with Gasteiger partial charge in [-0.1, -0.05) is 26.7 Å². The summed E-state index contributed by atoms with van der Waals surface area (Å²) in [4.78, 5) is 0. The summed E-state index contributed by atoms with van der Waals surface area (Å²) in [6, 6.07) is 0. The molecule has 1 aliphatic rings. The summed E-state index contributed by atoms with van der Waals surface area (Å²) < 4.78 is 5.22. The van der Waals surface area contributed by atoms with Crippen molar-refractivity contribution in [2.24, 2.45) is 11.8 Å². The molecule has 1 rings (SSSR count). The molecular weight excluding hydrogens is 136 g/mol. The van der Waals surface area contributed by atoms with Crippen LogP contribution in [0.2, 0.25) is 0 Å². The highest BCUT2D eigenvalue weighted by atomic mass is 16.5. The molecule has 1 saturated carbocycles. The largest absolute Gasteiger partial charge is 0.381 e. The van der Waals surface area contributed by atoms with E-state index in [4.69, 9.17) is 4.74 Å². The molecule has 0 radical (unpaired) electrons. The van der Waals surface area contributed by atoms with Crippen LogP contribution in [0, 0.1) is 11.8 Å². The fraction of sp³-hybridized carbons (Fsp3) is 1.00. The highest BCUT2D eigenvalue weighted by molar-refractivity contribution is 4.79. The highest BCUT2D eigenvalue weighted by Gasteiger charge is 2.28. The van der Waals surface area contributed by atoms with E-state index >= 15 is 0 Å². The van der Waals surface area contributed by atoms with Gasteiger partial charge in [0.2, 0.25) is 0 Å². The lowest BCUT2D eigenvalue weighted by molar-refractivity contribution is -0.00306. The van der Waals surface area contributed by atoms with Crippen LogP contribution in [0.5, 0.6) is 0 Å². The summed E-state index contributed by atoms with van der Waals surface area (Å²) in [5.41, 5.74) is 0. The minimum Gasteiger partial charge on any atom is -0.381 e. The van der Waals surface area contributed by atoms with Crippen LogP contribution in [0.3, 0.4) is 0 Å². The summed E-state index contributed by atoms with van der Waals surface area (Å²) in [6.45, 7) is 4.60. The first kappa shape index (κ1) is 9.05. The molecule has 0 aromatic heterocycles. The van der Waals surface area contributed by atoms with Crippen molar-refractivity contribution in [3.8, 4) is 0 Å². The fourth-order valence-electron chi connectivity index (χ4n) is 1.67. The predicted octanol–water partition coefficient (Wildman–Crippen LogP) is 2.85. The van der Waals surface area contributed by atoms with E-state index < -0.39 is 0 Å². The van der Waals surface area contributed by atoms with E-state index in [0.29, 0.717) is 6.10 Å². The number of hydrogen-bond donors (Lipinski definition) is 0. The van der Waals surface area contributed by atoms with Crippen molar-refractivity contribution in [3.05, 3.63) is 0 Å². The normalized spacial score (nSPS) is 30.5. The lowest BCUT2D eigenvalue weighted by Crippen LogP contribution is -2.30. The van der Waals surface area contributed by atoms with Crippen molar-refractivity contribution in [1.82, 2.24) is 0 Å². The third-order valence-corrected chi connectivity index (χ3v) is 2.68. The Hall–Kier alpha value is -0.0400. The van der Waals surface area contributed by atoms with Gasteiger partial charge in [0.05, 0.1) is 6.10 Å². The van der Waals surface area contributed by atoms with Crippen LogP contribution in [0.4, 0.5) is 0 Å². The zero-order valence-corrected chi connectivity index (χ0v) is 7.97. The average molecular weight is 156 g/mol. The van der Waals surface area contributed by atoms with E-state index in [1.54, 1.807) is 0 Å². The zero-order valence-electron chi connectivity index (χ0n) is 7.97. The van der Waals surface area contributed by atoms with Gasteiger partial charge in [-0.05, 0) is 24.7 Å². The van der Waals surface area contributed by atoms with Gasteiger partial charge in [0.1, 0.15) is 0 Å². The van der Waals surface area contributed by atoms with Gasteiger partial charge in [0.15, 0.2) is 0 Å². The van der Waals surface area contributed by atoms with E-state index in [2.05, 4.69) is 13.8 Å². The van der Waals surface area contributed by atoms with E-state index in [9.17, 15) is 0 Å². The van der Waals surface area contributed by atoms with Gasteiger partial charge in [-0.25, -0.2) is 0 Å². The van der Waals surface area contributed by atoms with Crippen LogP contribution in [0.1, 0.15) is 39.5 Å². The molecule has 0 N–H and O–H groups in total. The molecule has 1 nitrogen and oxygen atoms in total. The summed E-state index contributed by atoms with van der Waals surface area (Å²) >= 11 is 0. The SMILES string of the molecule is COC1CC(CCC(C)C)C1. The summed E-state index contributed by atoms with van der Waals surface area (Å²) in [5, 5.41) is 0. The average Bonchev–Trinajstić information content (AvgIpc) is 1.84. The molecule has 0 spiro atoms. The van der Waals surface area contributed by atoms with Gasteiger partial charge in [0.25, 0.3) is 0 Å². The van der Waals surface area contributed by atoms with Crippen molar-refractivity contribution >= 4 is 0 Å². The minimum absolute atomic E-state index is 0.590. The first-order valence-corrected chi connectivity index (χ1v) is 4.75. The van der Waals surface area contributed by atoms with Gasteiger partial charge in [-0.3, -0.25) is 0 Å². The standard InChI is InChI=1S/C10H20O/c1-8(2)4-5-9-6-10(7-9)11-3/h8-10H,4-7H2,1-3H3. The Balaban J connectivity index is 1.96. The Kier molecular flexibility index (Phi) is 3.38. The fourth-order valence-corrected chi connectivity index (χ4v) is 1.67. The second kappa shape index (κ2) is 4.10. The second-order valence-corrected chi connectivity index (χ2v) is 4.17. The molecule has 1 heteroatoms. The van der Waals surface area contributed by atoms with E-state index in [1.807, 2.05) is 7.11 Å². The molecule has 0 amide bonds. The Labute approximate surface area is 70.1 Å². The smallest absolute Gasteiger partial charge is 0.0576 e. The van der Waals surface area contributed by atoms with Crippen LogP contribution in [-0.2, 0) is 4.74 Å². The zero-order chi connectivity index (χ0) is 8.27. The van der Waals surface area contributed by atoms with Crippen molar-refractivity contribution in [1.29, 1.82) is 0 Å². The van der Waals surface area contributed by atoms with Crippen molar-refractivity contribution in [3.63, 3.8) is 0 Å². The lowest BCUT2D eigenvalue weighted by atomic mass is 9.78. The molecular formula is C10H20O. The first-order chi connectivity index (χ1) is 5.22. The van der Waals surface area contributed by atoms with Crippen LogP contribution < -0.4 is 0 Å². The third kappa shape index (κ3) is 2.82. The van der Waals surface area contributed by atoms with E-state index in [1.165, 1.54) is 25.7 Å². The Morgan fingerprint density at radius 2 is 2.00 bits per heavy atom. The number of ether oxygens (including phenoxy) is 1. The molecule has 0 bridgehead atoms. The molecule has 11 heavy (non-hydrogen) atoms. The summed E-state index contributed by atoms with van der Waals surface area (Å²) in [5.74, 6) is 1.85. The Morgan fingerprint density at radius 1 is 1.36 bits per heavy atom. The molecule has 1 fully saturated rings. The number of rotatable bonds is 4. The molecule has 0 aromatic rings. The van der Waals surface area contributed by atoms with Crippen LogP contribution >= 0.6 is 0 Å². The quantitative estimate of drug-likeness (QED) is 0.608. The summed E-state index contributed by atoms with van der Waals surface area (Å²) in [6.07, 6.45) is 6.01. The van der Waals surface area contributed by atoms with Crippen LogP contribution in [0.25, 0.3) is 0 Å². The van der Waals surface area contributed by atoms with Gasteiger partial charge >= 0.3 is 0 Å². The molecule has 0 aliphatic heterocycles. The third-order valence-electron chi connectivity index (χ3n) is 2.68. The van der Waals surface area contributed by atoms with Gasteiger partial charge in [-0.2, -0.15) is 0 Å². The van der Waals surface area contributed by atoms with Crippen LogP contribution in [0.15, 0.2) is 0 Å². The van der Waals surface area contributed by atoms with Gasteiger partial charge in [0, 0.05) is 7.11 Å². The van der Waals surface area contributed by atoms with E-state index in [-0.39, 0.29) is 0 Å². The molecule has 0 heterocycles. The molecule has 0 unspecified atom stereocenters. The maximum absolute atomic E-state index is 5.22. The molecule has 0 aromatic carbocycles. The maximum Gasteiger partial charge on any atom is 0.0576 e. The predicted molar refractivity (Wildman–Crippen MR) is 47.6 cm³/mol.